The van der Waals surface area contributed by atoms with E-state index < -0.39 is 97.1 Å². The van der Waals surface area contributed by atoms with Gasteiger partial charge in [0.25, 0.3) is 0 Å². The summed E-state index contributed by atoms with van der Waals surface area (Å²) in [5, 5.41) is 2.18. The molecule has 10 aromatic rings. The lowest BCUT2D eigenvalue weighted by molar-refractivity contribution is 0.669. The molecule has 0 bridgehead atoms. The fourth-order valence-electron chi connectivity index (χ4n) is 6.90. The average Bonchev–Trinajstić information content (AvgIpc) is 3.67. The van der Waals surface area contributed by atoms with Gasteiger partial charge in [-0.2, -0.15) is 0 Å². The van der Waals surface area contributed by atoms with E-state index in [-0.39, 0.29) is 49.0 Å². The van der Waals surface area contributed by atoms with Gasteiger partial charge in [-0.1, -0.05) is 151 Å². The number of benzene rings is 9. The van der Waals surface area contributed by atoms with Gasteiger partial charge in [-0.05, 0) is 101 Å². The molecule has 0 aliphatic heterocycles. The molecule has 0 aliphatic rings. The van der Waals surface area contributed by atoms with Gasteiger partial charge in [0.15, 0.2) is 0 Å². The van der Waals surface area contributed by atoms with E-state index in [0.29, 0.717) is 16.5 Å². The van der Waals surface area contributed by atoms with Crippen LogP contribution in [0.5, 0.6) is 0 Å². The Labute approximate surface area is 299 Å². The zero-order valence-corrected chi connectivity index (χ0v) is 25.1. The normalized spacial score (nSPS) is 16.2. The molecule has 0 spiro atoms. The van der Waals surface area contributed by atoms with Crippen molar-refractivity contribution in [1.29, 1.82) is 0 Å². The third kappa shape index (κ3) is 4.18. The smallest absolute Gasteiger partial charge is 0.135 e. The molecule has 0 unspecified atom stereocenters. The molecule has 224 valence electrons. The molecule has 0 N–H and O–H groups in total. The summed E-state index contributed by atoms with van der Waals surface area (Å²) in [4.78, 5) is 0. The predicted molar refractivity (Wildman–Crippen MR) is 204 cm³/mol. The van der Waals surface area contributed by atoms with Gasteiger partial charge in [-0.15, -0.1) is 0 Å². The van der Waals surface area contributed by atoms with Crippen molar-refractivity contribution >= 4 is 65.0 Å². The van der Waals surface area contributed by atoms with Crippen molar-refractivity contribution in [3.8, 4) is 22.3 Å². The van der Waals surface area contributed by atoms with Crippen LogP contribution in [0.3, 0.4) is 0 Å². The molecular formula is C47H30O. The third-order valence-corrected chi connectivity index (χ3v) is 9.02. The molecule has 0 saturated carbocycles. The Balaban J connectivity index is 1.34. The lowest BCUT2D eigenvalue weighted by Crippen LogP contribution is -1.96. The Bertz CT molecular complexity index is 3640. The molecule has 1 heteroatoms. The summed E-state index contributed by atoms with van der Waals surface area (Å²) in [6, 6.07) is 16.0. The predicted octanol–water partition coefficient (Wildman–Crippen LogP) is 13.1. The molecule has 0 radical (unpaired) electrons. The van der Waals surface area contributed by atoms with Gasteiger partial charge in [0.2, 0.25) is 0 Å². The van der Waals surface area contributed by atoms with E-state index in [4.69, 9.17) is 18.1 Å². The maximum atomic E-state index is 9.44. The molecule has 0 amide bonds. The first-order valence-corrected chi connectivity index (χ1v) is 15.4. The minimum atomic E-state index is -0.652. The molecule has 1 heterocycles. The second-order valence-corrected chi connectivity index (χ2v) is 11.6. The number of hydrogen-bond acceptors (Lipinski definition) is 1. The van der Waals surface area contributed by atoms with Crippen molar-refractivity contribution in [1.82, 2.24) is 0 Å². The quantitative estimate of drug-likeness (QED) is 0.177. The first-order valence-electron chi connectivity index (χ1n) is 22.9. The fourth-order valence-corrected chi connectivity index (χ4v) is 6.90. The van der Waals surface area contributed by atoms with E-state index in [1.807, 2.05) is 72.8 Å². The van der Waals surface area contributed by atoms with E-state index >= 15 is 0 Å². The van der Waals surface area contributed by atoms with E-state index in [1.54, 1.807) is 6.07 Å². The minimum absolute atomic E-state index is 0.0640. The van der Waals surface area contributed by atoms with Crippen molar-refractivity contribution in [3.05, 3.63) is 181 Å². The number of furan rings is 1. The summed E-state index contributed by atoms with van der Waals surface area (Å²) in [6.07, 6.45) is -0.565. The highest BCUT2D eigenvalue weighted by molar-refractivity contribution is 6.20. The van der Waals surface area contributed by atoms with Gasteiger partial charge in [-0.3, -0.25) is 0 Å². The topological polar surface area (TPSA) is 13.1 Å². The highest BCUT2D eigenvalue weighted by Gasteiger charge is 2.19. The summed E-state index contributed by atoms with van der Waals surface area (Å²) in [5.74, 6) is 0. The molecule has 1 aromatic heterocycles. The van der Waals surface area contributed by atoms with Crippen LogP contribution in [0.1, 0.15) is 31.7 Å². The lowest BCUT2D eigenvalue weighted by Gasteiger charge is -2.19. The molecule has 48 heavy (non-hydrogen) atoms. The molecular weight excluding hydrogens is 581 g/mol. The lowest BCUT2D eigenvalue weighted by atomic mass is 9.84. The largest absolute Gasteiger partial charge is 0.456 e. The van der Waals surface area contributed by atoms with Crippen LogP contribution in [-0.2, 0) is 6.42 Å². The number of rotatable bonds is 4. The molecule has 9 aromatic carbocycles. The SMILES string of the molecule is [2H]c1c([2H])c([2H])c2c([2H])c(Cc3c4c([2H])c([2H])c([2H])c([2H])c4c(-c4ccc(-c5ccc6oc7ccccc7c6c5)c5ccccc45)c4c([2H])c([2H])c([2H])c([2H])c34)c([2H])c([2H])c2c1[2H]. The zero-order valence-electron chi connectivity index (χ0n) is 40.1. The first kappa shape index (κ1) is 16.1. The maximum absolute atomic E-state index is 9.44. The summed E-state index contributed by atoms with van der Waals surface area (Å²) in [5.41, 5.74) is 3.37. The van der Waals surface area contributed by atoms with Crippen LogP contribution in [0, 0.1) is 0 Å². The van der Waals surface area contributed by atoms with E-state index in [0.717, 1.165) is 32.9 Å². The van der Waals surface area contributed by atoms with Crippen molar-refractivity contribution in [2.45, 2.75) is 6.42 Å². The molecule has 0 atom stereocenters. The van der Waals surface area contributed by atoms with Gasteiger partial charge >= 0.3 is 0 Å². The maximum Gasteiger partial charge on any atom is 0.135 e. The number of hydrogen-bond donors (Lipinski definition) is 0. The van der Waals surface area contributed by atoms with Crippen LogP contribution in [0.25, 0.3) is 87.3 Å². The standard InChI is InChI=1S/C47H30O/c1-2-12-32-27-30(21-22-31(32)11-1)28-43-37-15-5-7-18-40(37)47(41-19-8-6-16-38(41)43)42-25-24-34(35-13-3-4-14-36(35)42)33-23-26-46-44(29-33)39-17-9-10-20-45(39)48-46/h1-27,29H,28H2/i1D,2D,5D,6D,7D,8D,11D,12D,15D,16D,18D,19D,21D,22D,27D. The Morgan fingerprint density at radius 3 is 1.83 bits per heavy atom. The van der Waals surface area contributed by atoms with Crippen LogP contribution in [0.4, 0.5) is 0 Å². The van der Waals surface area contributed by atoms with Gasteiger partial charge in [0.1, 0.15) is 11.2 Å². The monoisotopic (exact) mass is 625 g/mol. The van der Waals surface area contributed by atoms with E-state index in [2.05, 4.69) is 0 Å². The number of para-hydroxylation sites is 1. The zero-order chi connectivity index (χ0) is 44.7. The second kappa shape index (κ2) is 10.7. The molecule has 0 aliphatic carbocycles. The number of fused-ring (bicyclic) bond motifs is 7. The van der Waals surface area contributed by atoms with Crippen molar-refractivity contribution < 1.29 is 25.0 Å². The molecule has 0 fully saturated rings. The Kier molecular flexibility index (Phi) is 3.58. The second-order valence-electron chi connectivity index (χ2n) is 11.6. The van der Waals surface area contributed by atoms with E-state index in [9.17, 15) is 6.85 Å². The third-order valence-electron chi connectivity index (χ3n) is 9.02. The summed E-state index contributed by atoms with van der Waals surface area (Å²) < 4.78 is 140. The Hall–Kier alpha value is -6.18. The highest BCUT2D eigenvalue weighted by Crippen LogP contribution is 2.44. The minimum Gasteiger partial charge on any atom is -0.456 e. The summed E-state index contributed by atoms with van der Waals surface area (Å²) in [6.45, 7) is 0. The average molecular weight is 626 g/mol. The van der Waals surface area contributed by atoms with Gasteiger partial charge in [0, 0.05) is 10.8 Å². The van der Waals surface area contributed by atoms with Gasteiger partial charge in [-0.25, -0.2) is 0 Å². The van der Waals surface area contributed by atoms with Crippen molar-refractivity contribution in [2.75, 3.05) is 0 Å². The van der Waals surface area contributed by atoms with Gasteiger partial charge in [0.05, 0.1) is 20.6 Å². The van der Waals surface area contributed by atoms with Crippen molar-refractivity contribution in [2.24, 2.45) is 0 Å². The Morgan fingerprint density at radius 1 is 0.458 bits per heavy atom. The van der Waals surface area contributed by atoms with Crippen LogP contribution in [-0.4, -0.2) is 0 Å². The van der Waals surface area contributed by atoms with Crippen LogP contribution < -0.4 is 0 Å². The Morgan fingerprint density at radius 2 is 1.06 bits per heavy atom. The highest BCUT2D eigenvalue weighted by atomic mass is 16.3. The van der Waals surface area contributed by atoms with Crippen LogP contribution in [0.2, 0.25) is 0 Å². The van der Waals surface area contributed by atoms with Crippen LogP contribution >= 0.6 is 0 Å². The first-order chi connectivity index (χ1) is 30.0. The summed E-state index contributed by atoms with van der Waals surface area (Å²) in [7, 11) is 0. The molecule has 0 saturated heterocycles. The molecule has 1 nitrogen and oxygen atoms in total. The van der Waals surface area contributed by atoms with E-state index in [1.165, 1.54) is 0 Å². The fraction of sp³-hybridized carbons (Fsp3) is 0.0213. The van der Waals surface area contributed by atoms with Crippen LogP contribution in [0.15, 0.2) is 174 Å². The molecule has 10 rings (SSSR count). The van der Waals surface area contributed by atoms with Gasteiger partial charge < -0.3 is 4.42 Å². The van der Waals surface area contributed by atoms with Crippen molar-refractivity contribution in [3.63, 3.8) is 0 Å². The summed E-state index contributed by atoms with van der Waals surface area (Å²) >= 11 is 0.